The Balaban J connectivity index is 1.89. The van der Waals surface area contributed by atoms with Crippen molar-refractivity contribution >= 4 is 34.0 Å². The molecule has 0 atom stereocenters. The lowest BCUT2D eigenvalue weighted by molar-refractivity contribution is -0.110. The number of nitrogens with one attached hydrogen (secondary N) is 1. The number of para-hydroxylation sites is 1. The molecule has 0 aromatic heterocycles. The van der Waals surface area contributed by atoms with Crippen molar-refractivity contribution in [1.82, 2.24) is 0 Å². The molecule has 0 aliphatic carbocycles. The summed E-state index contributed by atoms with van der Waals surface area (Å²) >= 11 is 0. The molecule has 0 bridgehead atoms. The number of carbonyl (C=O) groups is 1. The van der Waals surface area contributed by atoms with Gasteiger partial charge in [-0.15, -0.1) is 0 Å². The number of phenols is 1. The maximum atomic E-state index is 12.1. The number of aromatic hydroxyl groups is 1. The molecule has 3 aromatic carbocycles. The third-order valence-corrected chi connectivity index (χ3v) is 3.90. The summed E-state index contributed by atoms with van der Waals surface area (Å²) in [6, 6.07) is 19.0. The van der Waals surface area contributed by atoms with Crippen LogP contribution >= 0.6 is 0 Å². The van der Waals surface area contributed by atoms with Crippen molar-refractivity contribution in [3.8, 4) is 5.75 Å². The van der Waals surface area contributed by atoms with Crippen molar-refractivity contribution in [2.24, 2.45) is 0 Å². The minimum Gasteiger partial charge on any atom is -0.507 e. The third kappa shape index (κ3) is 1.95. The average molecular weight is 287 g/mol. The Morgan fingerprint density at radius 1 is 0.909 bits per heavy atom. The van der Waals surface area contributed by atoms with Crippen molar-refractivity contribution in [2.45, 2.75) is 0 Å². The molecule has 1 heterocycles. The number of fused-ring (bicyclic) bond motifs is 2. The highest BCUT2D eigenvalue weighted by molar-refractivity contribution is 6.35. The summed E-state index contributed by atoms with van der Waals surface area (Å²) in [4.78, 5) is 12.1. The van der Waals surface area contributed by atoms with Crippen LogP contribution in [-0.2, 0) is 4.79 Å². The molecule has 0 spiro atoms. The van der Waals surface area contributed by atoms with E-state index < -0.39 is 0 Å². The van der Waals surface area contributed by atoms with E-state index in [1.807, 2.05) is 54.6 Å². The third-order valence-electron chi connectivity index (χ3n) is 3.90. The summed E-state index contributed by atoms with van der Waals surface area (Å²) in [6.45, 7) is 0. The predicted octanol–water partition coefficient (Wildman–Crippen LogP) is 4.04. The Morgan fingerprint density at radius 3 is 2.41 bits per heavy atom. The summed E-state index contributed by atoms with van der Waals surface area (Å²) in [5.41, 5.74) is 2.88. The first-order chi connectivity index (χ1) is 10.7. The fourth-order valence-electron chi connectivity index (χ4n) is 2.80. The molecule has 0 saturated heterocycles. The lowest BCUT2D eigenvalue weighted by atomic mass is 10.0. The number of carbonyl (C=O) groups excluding carboxylic acids is 1. The second-order valence-corrected chi connectivity index (χ2v) is 5.32. The molecule has 3 heteroatoms. The second kappa shape index (κ2) is 4.74. The van der Waals surface area contributed by atoms with Crippen molar-refractivity contribution < 1.29 is 9.90 Å². The number of anilines is 1. The van der Waals surface area contributed by atoms with Crippen molar-refractivity contribution in [3.63, 3.8) is 0 Å². The SMILES string of the molecule is O=C1Nc2ccccc2C1=Cc1cc2ccccc2cc1O. The Bertz CT molecular complexity index is 941. The lowest BCUT2D eigenvalue weighted by Crippen LogP contribution is -2.03. The van der Waals surface area contributed by atoms with Crippen LogP contribution in [0.2, 0.25) is 0 Å². The summed E-state index contributed by atoms with van der Waals surface area (Å²) in [6.07, 6.45) is 1.74. The van der Waals surface area contributed by atoms with Gasteiger partial charge in [-0.05, 0) is 35.0 Å². The van der Waals surface area contributed by atoms with Gasteiger partial charge < -0.3 is 10.4 Å². The molecule has 0 radical (unpaired) electrons. The van der Waals surface area contributed by atoms with E-state index in [9.17, 15) is 9.90 Å². The zero-order valence-corrected chi connectivity index (χ0v) is 11.7. The number of amides is 1. The number of hydrogen-bond donors (Lipinski definition) is 2. The van der Waals surface area contributed by atoms with Crippen LogP contribution in [0, 0.1) is 0 Å². The minimum atomic E-state index is -0.145. The predicted molar refractivity (Wildman–Crippen MR) is 88.6 cm³/mol. The van der Waals surface area contributed by atoms with Gasteiger partial charge in [-0.1, -0.05) is 42.5 Å². The van der Waals surface area contributed by atoms with Gasteiger partial charge in [0, 0.05) is 22.4 Å². The standard InChI is InChI=1S/C19H13NO2/c21-18-11-13-6-2-1-5-12(13)9-14(18)10-16-15-7-3-4-8-17(15)20-19(16)22/h1-11,21H,(H,20,22). The molecular weight excluding hydrogens is 274 g/mol. The van der Waals surface area contributed by atoms with Gasteiger partial charge in [0.15, 0.2) is 0 Å². The number of hydrogen-bond acceptors (Lipinski definition) is 2. The van der Waals surface area contributed by atoms with Gasteiger partial charge in [-0.25, -0.2) is 0 Å². The van der Waals surface area contributed by atoms with Crippen LogP contribution in [0.1, 0.15) is 11.1 Å². The molecule has 0 fully saturated rings. The average Bonchev–Trinajstić information content (AvgIpc) is 2.84. The van der Waals surface area contributed by atoms with Crippen LogP contribution in [0.15, 0.2) is 60.7 Å². The topological polar surface area (TPSA) is 49.3 Å². The van der Waals surface area contributed by atoms with Crippen molar-refractivity contribution in [3.05, 3.63) is 71.8 Å². The molecule has 0 saturated carbocycles. The first kappa shape index (κ1) is 12.7. The van der Waals surface area contributed by atoms with Gasteiger partial charge in [0.1, 0.15) is 5.75 Å². The lowest BCUT2D eigenvalue weighted by Gasteiger charge is -2.04. The minimum absolute atomic E-state index is 0.145. The first-order valence-electron chi connectivity index (χ1n) is 7.06. The van der Waals surface area contributed by atoms with E-state index >= 15 is 0 Å². The highest BCUT2D eigenvalue weighted by Crippen LogP contribution is 2.35. The van der Waals surface area contributed by atoms with Crippen LogP contribution in [0.4, 0.5) is 5.69 Å². The summed E-state index contributed by atoms with van der Waals surface area (Å²) in [5, 5.41) is 15.1. The van der Waals surface area contributed by atoms with Crippen LogP contribution in [-0.4, -0.2) is 11.0 Å². The Labute approximate surface area is 127 Å². The zero-order chi connectivity index (χ0) is 15.1. The quantitative estimate of drug-likeness (QED) is 0.664. The zero-order valence-electron chi connectivity index (χ0n) is 11.7. The Kier molecular flexibility index (Phi) is 2.73. The van der Waals surface area contributed by atoms with Gasteiger partial charge >= 0.3 is 0 Å². The van der Waals surface area contributed by atoms with E-state index in [4.69, 9.17) is 0 Å². The largest absolute Gasteiger partial charge is 0.507 e. The highest BCUT2D eigenvalue weighted by Gasteiger charge is 2.23. The van der Waals surface area contributed by atoms with Crippen LogP contribution in [0.3, 0.4) is 0 Å². The van der Waals surface area contributed by atoms with E-state index in [0.717, 1.165) is 22.0 Å². The van der Waals surface area contributed by atoms with Gasteiger partial charge in [0.05, 0.1) is 0 Å². The highest BCUT2D eigenvalue weighted by atomic mass is 16.3. The molecule has 3 aromatic rings. The van der Waals surface area contributed by atoms with Crippen LogP contribution < -0.4 is 5.32 Å². The van der Waals surface area contributed by atoms with Crippen LogP contribution in [0.25, 0.3) is 22.4 Å². The molecule has 2 N–H and O–H groups in total. The maximum Gasteiger partial charge on any atom is 0.256 e. The first-order valence-corrected chi connectivity index (χ1v) is 7.06. The van der Waals surface area contributed by atoms with E-state index in [1.165, 1.54) is 0 Å². The summed E-state index contributed by atoms with van der Waals surface area (Å²) in [5.74, 6) is 0.0251. The van der Waals surface area contributed by atoms with E-state index in [1.54, 1.807) is 12.1 Å². The van der Waals surface area contributed by atoms with Gasteiger partial charge in [-0.3, -0.25) is 4.79 Å². The van der Waals surface area contributed by atoms with Crippen LogP contribution in [0.5, 0.6) is 5.75 Å². The molecular formula is C19H13NO2. The van der Waals surface area contributed by atoms with Gasteiger partial charge in [0.25, 0.3) is 5.91 Å². The molecule has 22 heavy (non-hydrogen) atoms. The molecule has 1 aliphatic rings. The second-order valence-electron chi connectivity index (χ2n) is 5.32. The fraction of sp³-hybridized carbons (Fsp3) is 0. The summed E-state index contributed by atoms with van der Waals surface area (Å²) in [7, 11) is 0. The number of benzene rings is 3. The molecule has 3 nitrogen and oxygen atoms in total. The Hall–Kier alpha value is -3.07. The molecule has 1 aliphatic heterocycles. The smallest absolute Gasteiger partial charge is 0.256 e. The monoisotopic (exact) mass is 287 g/mol. The summed E-state index contributed by atoms with van der Waals surface area (Å²) < 4.78 is 0. The van der Waals surface area contributed by atoms with Gasteiger partial charge in [0.2, 0.25) is 0 Å². The molecule has 106 valence electrons. The van der Waals surface area contributed by atoms with Gasteiger partial charge in [-0.2, -0.15) is 0 Å². The normalized spacial score (nSPS) is 15.1. The van der Waals surface area contributed by atoms with Crippen molar-refractivity contribution in [2.75, 3.05) is 5.32 Å². The Morgan fingerprint density at radius 2 is 1.59 bits per heavy atom. The number of phenolic OH excluding ortho intramolecular Hbond substituents is 1. The molecule has 1 amide bonds. The van der Waals surface area contributed by atoms with Crippen molar-refractivity contribution in [1.29, 1.82) is 0 Å². The van der Waals surface area contributed by atoms with E-state index in [0.29, 0.717) is 11.1 Å². The maximum absolute atomic E-state index is 12.1. The number of rotatable bonds is 1. The fourth-order valence-corrected chi connectivity index (χ4v) is 2.80. The van der Waals surface area contributed by atoms with E-state index in [2.05, 4.69) is 5.32 Å². The molecule has 0 unspecified atom stereocenters. The molecule has 4 rings (SSSR count). The van der Waals surface area contributed by atoms with E-state index in [-0.39, 0.29) is 11.7 Å².